The Kier molecular flexibility index (Phi) is 7.21. The molecule has 0 aliphatic carbocycles. The van der Waals surface area contributed by atoms with Crippen molar-refractivity contribution in [2.45, 2.75) is 26.7 Å². The number of aryl methyl sites for hydroxylation is 3. The molecule has 0 saturated carbocycles. The average Bonchev–Trinajstić information content (AvgIpc) is 3.25. The predicted molar refractivity (Wildman–Crippen MR) is 112 cm³/mol. The zero-order chi connectivity index (χ0) is 22.2. The Labute approximate surface area is 179 Å². The molecule has 0 unspecified atom stereocenters. The lowest BCUT2D eigenvalue weighted by Crippen LogP contribution is -2.44. The van der Waals surface area contributed by atoms with Crippen molar-refractivity contribution in [3.05, 3.63) is 59.5 Å². The molecule has 0 saturated heterocycles. The molecule has 2 aromatic carbocycles. The number of rotatable bonds is 8. The average molecular weight is 424 g/mol. The second-order valence-corrected chi connectivity index (χ2v) is 6.85. The topological polar surface area (TPSA) is 116 Å². The Bertz CT molecular complexity index is 1030. The first-order valence-electron chi connectivity index (χ1n) is 9.70. The molecule has 0 fully saturated rings. The zero-order valence-electron chi connectivity index (χ0n) is 17.6. The van der Waals surface area contributed by atoms with Crippen LogP contribution in [0, 0.1) is 13.8 Å². The van der Waals surface area contributed by atoms with Gasteiger partial charge < -0.3 is 14.0 Å². The van der Waals surface area contributed by atoms with Crippen molar-refractivity contribution in [2.75, 3.05) is 13.7 Å². The molecule has 1 aromatic heterocycles. The van der Waals surface area contributed by atoms with Gasteiger partial charge in [0, 0.05) is 18.4 Å². The number of methoxy groups -OCH3 is 1. The standard InChI is InChI=1S/C22H24N4O5/c1-14-5-4-6-15(2)21(14)30-13-19(28)25-24-18(27)11-12-20-23-22(26-31-20)16-7-9-17(29-3)10-8-16/h4-10H,11-13H2,1-3H3,(H,24,27)(H,25,28). The summed E-state index contributed by atoms with van der Waals surface area (Å²) in [7, 11) is 1.59. The van der Waals surface area contributed by atoms with Crippen LogP contribution in [0.2, 0.25) is 0 Å². The van der Waals surface area contributed by atoms with Crippen LogP contribution in [0.15, 0.2) is 47.0 Å². The summed E-state index contributed by atoms with van der Waals surface area (Å²) in [6, 6.07) is 12.9. The van der Waals surface area contributed by atoms with E-state index in [9.17, 15) is 9.59 Å². The van der Waals surface area contributed by atoms with Gasteiger partial charge in [0.05, 0.1) is 7.11 Å². The van der Waals surface area contributed by atoms with E-state index in [0.717, 1.165) is 22.4 Å². The summed E-state index contributed by atoms with van der Waals surface area (Å²) >= 11 is 0. The smallest absolute Gasteiger partial charge is 0.276 e. The maximum atomic E-state index is 12.0. The molecule has 0 spiro atoms. The molecule has 162 valence electrons. The maximum absolute atomic E-state index is 12.0. The summed E-state index contributed by atoms with van der Waals surface area (Å²) in [6.07, 6.45) is 0.312. The number of carbonyl (C=O) groups is 2. The summed E-state index contributed by atoms with van der Waals surface area (Å²) in [5.74, 6) is 1.29. The molecule has 2 amide bonds. The molecular formula is C22H24N4O5. The Morgan fingerprint density at radius 2 is 1.68 bits per heavy atom. The van der Waals surface area contributed by atoms with Crippen molar-refractivity contribution in [3.8, 4) is 22.9 Å². The minimum Gasteiger partial charge on any atom is -0.497 e. The third-order valence-corrected chi connectivity index (χ3v) is 4.48. The van der Waals surface area contributed by atoms with Gasteiger partial charge in [-0.1, -0.05) is 23.4 Å². The largest absolute Gasteiger partial charge is 0.497 e. The molecular weight excluding hydrogens is 400 g/mol. The Balaban J connectivity index is 1.41. The lowest BCUT2D eigenvalue weighted by molar-refractivity contribution is -0.130. The highest BCUT2D eigenvalue weighted by atomic mass is 16.5. The second kappa shape index (κ2) is 10.2. The quantitative estimate of drug-likeness (QED) is 0.534. The van der Waals surface area contributed by atoms with E-state index in [1.807, 2.05) is 44.2 Å². The summed E-state index contributed by atoms with van der Waals surface area (Å²) < 4.78 is 15.8. The molecule has 9 nitrogen and oxygen atoms in total. The molecule has 0 atom stereocenters. The van der Waals surface area contributed by atoms with Crippen molar-refractivity contribution >= 4 is 11.8 Å². The van der Waals surface area contributed by atoms with Gasteiger partial charge in [-0.05, 0) is 49.2 Å². The Morgan fingerprint density at radius 1 is 1.00 bits per heavy atom. The van der Waals surface area contributed by atoms with E-state index in [4.69, 9.17) is 14.0 Å². The molecule has 0 aliphatic rings. The summed E-state index contributed by atoms with van der Waals surface area (Å²) in [5.41, 5.74) is 7.32. The Morgan fingerprint density at radius 3 is 2.35 bits per heavy atom. The van der Waals surface area contributed by atoms with Gasteiger partial charge in [0.15, 0.2) is 6.61 Å². The molecule has 1 heterocycles. The number of nitrogens with one attached hydrogen (secondary N) is 2. The fraction of sp³-hybridized carbons (Fsp3) is 0.273. The number of hydrogen-bond acceptors (Lipinski definition) is 7. The number of hydrogen-bond donors (Lipinski definition) is 2. The minimum atomic E-state index is -0.462. The van der Waals surface area contributed by atoms with Crippen LogP contribution in [0.25, 0.3) is 11.4 Å². The van der Waals surface area contributed by atoms with Gasteiger partial charge in [-0.15, -0.1) is 0 Å². The summed E-state index contributed by atoms with van der Waals surface area (Å²) in [6.45, 7) is 3.60. The van der Waals surface area contributed by atoms with Crippen LogP contribution in [0.3, 0.4) is 0 Å². The highest BCUT2D eigenvalue weighted by Crippen LogP contribution is 2.22. The number of aromatic nitrogens is 2. The van der Waals surface area contributed by atoms with Crippen LogP contribution in [-0.4, -0.2) is 35.7 Å². The van der Waals surface area contributed by atoms with Gasteiger partial charge in [0.25, 0.3) is 5.91 Å². The van der Waals surface area contributed by atoms with Crippen LogP contribution in [0.5, 0.6) is 11.5 Å². The van der Waals surface area contributed by atoms with Gasteiger partial charge in [-0.25, -0.2) is 0 Å². The van der Waals surface area contributed by atoms with Crippen LogP contribution >= 0.6 is 0 Å². The van der Waals surface area contributed by atoms with E-state index in [2.05, 4.69) is 21.0 Å². The number of amides is 2. The van der Waals surface area contributed by atoms with Gasteiger partial charge in [-0.3, -0.25) is 20.4 Å². The normalized spacial score (nSPS) is 10.4. The lowest BCUT2D eigenvalue weighted by atomic mass is 10.1. The van der Waals surface area contributed by atoms with Gasteiger partial charge in [0.2, 0.25) is 17.6 Å². The van der Waals surface area contributed by atoms with Crippen molar-refractivity contribution in [1.82, 2.24) is 21.0 Å². The summed E-state index contributed by atoms with van der Waals surface area (Å²) in [4.78, 5) is 28.2. The monoisotopic (exact) mass is 424 g/mol. The van der Waals surface area contributed by atoms with E-state index in [1.54, 1.807) is 19.2 Å². The van der Waals surface area contributed by atoms with Gasteiger partial charge in [0.1, 0.15) is 11.5 Å². The third-order valence-electron chi connectivity index (χ3n) is 4.48. The molecule has 0 bridgehead atoms. The van der Waals surface area contributed by atoms with E-state index in [0.29, 0.717) is 17.5 Å². The number of ether oxygens (including phenoxy) is 2. The first-order valence-corrected chi connectivity index (χ1v) is 9.70. The minimum absolute atomic E-state index is 0.0717. The highest BCUT2D eigenvalue weighted by molar-refractivity contribution is 5.82. The highest BCUT2D eigenvalue weighted by Gasteiger charge is 2.12. The molecule has 31 heavy (non-hydrogen) atoms. The van der Waals surface area contributed by atoms with E-state index in [-0.39, 0.29) is 25.4 Å². The van der Waals surface area contributed by atoms with E-state index >= 15 is 0 Å². The molecule has 3 rings (SSSR count). The number of nitrogens with zero attached hydrogens (tertiary/aromatic N) is 2. The van der Waals surface area contributed by atoms with Crippen molar-refractivity contribution in [2.24, 2.45) is 0 Å². The van der Waals surface area contributed by atoms with Crippen molar-refractivity contribution in [3.63, 3.8) is 0 Å². The van der Waals surface area contributed by atoms with Crippen LogP contribution in [0.4, 0.5) is 0 Å². The summed E-state index contributed by atoms with van der Waals surface area (Å²) in [5, 5.41) is 3.92. The van der Waals surface area contributed by atoms with Gasteiger partial charge in [-0.2, -0.15) is 4.98 Å². The molecule has 0 aliphatic heterocycles. The lowest BCUT2D eigenvalue weighted by Gasteiger charge is -2.12. The maximum Gasteiger partial charge on any atom is 0.276 e. The fourth-order valence-corrected chi connectivity index (χ4v) is 2.84. The molecule has 2 N–H and O–H groups in total. The van der Waals surface area contributed by atoms with Crippen LogP contribution < -0.4 is 20.3 Å². The van der Waals surface area contributed by atoms with Crippen molar-refractivity contribution in [1.29, 1.82) is 0 Å². The zero-order valence-corrected chi connectivity index (χ0v) is 17.6. The molecule has 0 radical (unpaired) electrons. The predicted octanol–water partition coefficient (Wildman–Crippen LogP) is 2.52. The second-order valence-electron chi connectivity index (χ2n) is 6.85. The first-order chi connectivity index (χ1) is 15.0. The number of benzene rings is 2. The number of para-hydroxylation sites is 1. The fourth-order valence-electron chi connectivity index (χ4n) is 2.84. The Hall–Kier alpha value is -3.88. The first kappa shape index (κ1) is 21.8. The van der Waals surface area contributed by atoms with Crippen molar-refractivity contribution < 1.29 is 23.6 Å². The number of hydrazine groups is 1. The third kappa shape index (κ3) is 6.05. The molecule has 9 heteroatoms. The van der Waals surface area contributed by atoms with E-state index < -0.39 is 5.91 Å². The molecule has 3 aromatic rings. The van der Waals surface area contributed by atoms with Crippen LogP contribution in [0.1, 0.15) is 23.4 Å². The van der Waals surface area contributed by atoms with Gasteiger partial charge >= 0.3 is 0 Å². The number of carbonyl (C=O) groups excluding carboxylic acids is 2. The van der Waals surface area contributed by atoms with E-state index in [1.165, 1.54) is 0 Å². The SMILES string of the molecule is COc1ccc(-c2noc(CCC(=O)NNC(=O)COc3c(C)cccc3C)n2)cc1. The van der Waals surface area contributed by atoms with Crippen LogP contribution in [-0.2, 0) is 16.0 Å².